The van der Waals surface area contributed by atoms with E-state index in [1.807, 2.05) is 59.3 Å². The van der Waals surface area contributed by atoms with Crippen LogP contribution in [-0.2, 0) is 33.4 Å². The number of ether oxygens (including phenoxy) is 4. The van der Waals surface area contributed by atoms with Gasteiger partial charge in [0.05, 0.1) is 72.8 Å². The molecule has 5 aliphatic rings. The molecule has 1 unspecified atom stereocenters. The van der Waals surface area contributed by atoms with Crippen LogP contribution in [0.25, 0.3) is 22.2 Å². The minimum absolute atomic E-state index is 0.0337. The summed E-state index contributed by atoms with van der Waals surface area (Å²) in [6.07, 6.45) is 8.10. The second-order valence-corrected chi connectivity index (χ2v) is 21.2. The minimum atomic E-state index is -0.977. The highest BCUT2D eigenvalue weighted by atomic mass is 35.5. The summed E-state index contributed by atoms with van der Waals surface area (Å²) in [5, 5.41) is 11.7. The molecule has 22 heteroatoms. The third-order valence-electron chi connectivity index (χ3n) is 15.6. The van der Waals surface area contributed by atoms with Gasteiger partial charge in [0.15, 0.2) is 0 Å². The number of halogens is 2. The third kappa shape index (κ3) is 12.5. The molecule has 5 aromatic rings. The summed E-state index contributed by atoms with van der Waals surface area (Å²) in [7, 11) is 0. The molecular weight excluding hydrogens is 1040 g/mol. The molecule has 5 aliphatic heterocycles. The smallest absolute Gasteiger partial charge is 0.262 e. The lowest BCUT2D eigenvalue weighted by molar-refractivity contribution is -0.141. The summed E-state index contributed by atoms with van der Waals surface area (Å²) in [5.41, 5.74) is 4.76. The number of piperidine rings is 3. The largest absolute Gasteiger partial charge is 0.486 e. The lowest BCUT2D eigenvalue weighted by atomic mass is 9.88. The number of aromatic amines is 1. The normalized spacial score (nSPS) is 19.2. The number of carbonyl (C=O) groups is 6. The van der Waals surface area contributed by atoms with Gasteiger partial charge in [-0.2, -0.15) is 5.10 Å². The number of nitrogens with zero attached hydrogens (tertiary/aromatic N) is 8. The number of rotatable bonds is 20. The van der Waals surface area contributed by atoms with Crippen molar-refractivity contribution in [1.29, 1.82) is 0 Å². The van der Waals surface area contributed by atoms with Gasteiger partial charge >= 0.3 is 0 Å². The fourth-order valence-corrected chi connectivity index (χ4v) is 11.8. The molecule has 2 N–H and O–H groups in total. The first-order valence-corrected chi connectivity index (χ1v) is 27.7. The highest BCUT2D eigenvalue weighted by Gasteiger charge is 2.45. The number of piperazine rings is 1. The van der Waals surface area contributed by atoms with Crippen LogP contribution in [0.5, 0.6) is 5.75 Å². The van der Waals surface area contributed by atoms with Crippen molar-refractivity contribution in [2.45, 2.75) is 69.9 Å². The molecule has 10 rings (SSSR count). The SMILES string of the molecule is C[C@@H](Oc1ccc2[nH]nc(-c3ccc(N4CCN(C(=O)C5CCN(C(=O)CCOCCOCCOCCN6CCC(c7ccc8c(c7)C(=O)N(C7CCC(=O)NC7=O)C8=O)CC6)CC5)CC4)nc3)c2c1)c1c(Cl)cncc1Cl. The number of fused-ring (bicyclic) bond motifs is 2. The number of likely N-dealkylation sites (tertiary alicyclic amines) is 2. The van der Waals surface area contributed by atoms with E-state index in [-0.39, 0.29) is 42.9 Å². The predicted octanol–water partition coefficient (Wildman–Crippen LogP) is 6.07. The van der Waals surface area contributed by atoms with Crippen molar-refractivity contribution in [2.24, 2.45) is 5.92 Å². The van der Waals surface area contributed by atoms with Crippen molar-refractivity contribution < 1.29 is 47.7 Å². The van der Waals surface area contributed by atoms with Gasteiger partial charge in [-0.25, -0.2) is 4.98 Å². The Morgan fingerprint density at radius 1 is 0.731 bits per heavy atom. The standard InChI is InChI=1S/C56H64Cl2N10O10/c1-35(51-44(57)33-59-34-45(51)58)78-40-4-6-46-43(31-40)52(63-62-46)39-3-8-48(60-32-39)65-19-21-67(22-20-65)54(72)37-12-17-66(18-13-37)50(70)14-24-75-26-28-77-29-27-76-25-23-64-15-10-36(11-16-64)38-2-5-41-42(30-38)56(74)68(55(41)73)47-7-9-49(69)61-53(47)71/h2-6,8,30-37,47H,7,9-29H2,1H3,(H,62,63)(H,61,69,71)/t35-,47?/m1/s1. The van der Waals surface area contributed by atoms with Crippen molar-refractivity contribution in [2.75, 3.05) is 103 Å². The molecule has 8 heterocycles. The number of pyridine rings is 2. The van der Waals surface area contributed by atoms with E-state index < -0.39 is 35.8 Å². The van der Waals surface area contributed by atoms with Crippen molar-refractivity contribution in [3.8, 4) is 17.0 Å². The number of benzene rings is 2. The van der Waals surface area contributed by atoms with Crippen LogP contribution >= 0.6 is 23.2 Å². The van der Waals surface area contributed by atoms with Crippen LogP contribution in [0.15, 0.2) is 67.1 Å². The number of nitrogens with one attached hydrogen (secondary N) is 2. The monoisotopic (exact) mass is 1110 g/mol. The molecule has 0 saturated carbocycles. The summed E-state index contributed by atoms with van der Waals surface area (Å²) in [6.45, 7) is 10.6. The highest BCUT2D eigenvalue weighted by Crippen LogP contribution is 2.37. The Balaban J connectivity index is 0.554. The van der Waals surface area contributed by atoms with Crippen molar-refractivity contribution in [1.82, 2.24) is 45.1 Å². The maximum Gasteiger partial charge on any atom is 0.262 e. The van der Waals surface area contributed by atoms with E-state index in [1.54, 1.807) is 24.5 Å². The van der Waals surface area contributed by atoms with E-state index in [0.717, 1.165) is 70.9 Å². The maximum absolute atomic E-state index is 13.6. The van der Waals surface area contributed by atoms with E-state index >= 15 is 0 Å². The van der Waals surface area contributed by atoms with Crippen molar-refractivity contribution in [3.63, 3.8) is 0 Å². The number of hydrogen-bond donors (Lipinski definition) is 2. The summed E-state index contributed by atoms with van der Waals surface area (Å²) in [5.74, 6) is -0.179. The Morgan fingerprint density at radius 3 is 2.14 bits per heavy atom. The lowest BCUT2D eigenvalue weighted by Crippen LogP contribution is -2.54. The summed E-state index contributed by atoms with van der Waals surface area (Å²) in [6, 6.07) is 14.2. The van der Waals surface area contributed by atoms with Gasteiger partial charge in [-0.15, -0.1) is 0 Å². The lowest BCUT2D eigenvalue weighted by Gasteiger charge is -2.39. The van der Waals surface area contributed by atoms with Gasteiger partial charge in [0.1, 0.15) is 29.4 Å². The molecule has 20 nitrogen and oxygen atoms in total. The molecule has 0 bridgehead atoms. The van der Waals surface area contributed by atoms with E-state index in [0.29, 0.717) is 124 Å². The average Bonchev–Trinajstić information content (AvgIpc) is 4.14. The maximum atomic E-state index is 13.6. The van der Waals surface area contributed by atoms with E-state index in [1.165, 1.54) is 0 Å². The molecule has 412 valence electrons. The molecule has 0 aliphatic carbocycles. The molecule has 6 amide bonds. The highest BCUT2D eigenvalue weighted by molar-refractivity contribution is 6.35. The van der Waals surface area contributed by atoms with Crippen molar-refractivity contribution in [3.05, 3.63) is 99.4 Å². The first kappa shape index (κ1) is 54.8. The van der Waals surface area contributed by atoms with Gasteiger partial charge in [-0.05, 0) is 106 Å². The summed E-state index contributed by atoms with van der Waals surface area (Å²) >= 11 is 12.8. The number of H-pyrrole nitrogens is 1. The number of imide groups is 2. The van der Waals surface area contributed by atoms with Gasteiger partial charge in [0, 0.05) is 93.3 Å². The van der Waals surface area contributed by atoms with Gasteiger partial charge < -0.3 is 38.5 Å². The Labute approximate surface area is 462 Å². The Kier molecular flexibility index (Phi) is 17.6. The zero-order valence-electron chi connectivity index (χ0n) is 43.6. The van der Waals surface area contributed by atoms with E-state index in [9.17, 15) is 28.8 Å². The van der Waals surface area contributed by atoms with Gasteiger partial charge in [-0.1, -0.05) is 29.3 Å². The summed E-state index contributed by atoms with van der Waals surface area (Å²) < 4.78 is 23.4. The molecule has 2 atom stereocenters. The molecule has 2 aromatic carbocycles. The second-order valence-electron chi connectivity index (χ2n) is 20.4. The van der Waals surface area contributed by atoms with E-state index in [4.69, 9.17) is 47.1 Å². The van der Waals surface area contributed by atoms with Crippen LogP contribution in [0.2, 0.25) is 10.0 Å². The first-order chi connectivity index (χ1) is 37.9. The zero-order valence-corrected chi connectivity index (χ0v) is 45.1. The Bertz CT molecular complexity index is 2990. The first-order valence-electron chi connectivity index (χ1n) is 26.9. The molecule has 0 radical (unpaired) electrons. The number of aromatic nitrogens is 4. The van der Waals surface area contributed by atoms with Crippen molar-refractivity contribution >= 4 is 75.4 Å². The quantitative estimate of drug-likeness (QED) is 0.0667. The topological polar surface area (TPSA) is 222 Å². The van der Waals surface area contributed by atoms with Gasteiger partial charge in [0.25, 0.3) is 11.8 Å². The number of amides is 6. The van der Waals surface area contributed by atoms with Crippen LogP contribution in [0.1, 0.15) is 95.7 Å². The summed E-state index contributed by atoms with van der Waals surface area (Å²) in [4.78, 5) is 95.2. The van der Waals surface area contributed by atoms with Crippen LogP contribution in [-0.4, -0.2) is 180 Å². The molecular formula is C56H64Cl2N10O10. The van der Waals surface area contributed by atoms with E-state index in [2.05, 4.69) is 30.3 Å². The Hall–Kier alpha value is -6.55. The average molecular weight is 1110 g/mol. The molecule has 4 saturated heterocycles. The molecule has 3 aromatic heterocycles. The van der Waals surface area contributed by atoms with Crippen LogP contribution in [0.3, 0.4) is 0 Å². The number of hydrogen-bond acceptors (Lipinski definition) is 15. The van der Waals surface area contributed by atoms with Crippen LogP contribution in [0.4, 0.5) is 5.82 Å². The molecule has 4 fully saturated rings. The minimum Gasteiger partial charge on any atom is -0.486 e. The Morgan fingerprint density at radius 2 is 1.44 bits per heavy atom. The predicted molar refractivity (Wildman–Crippen MR) is 289 cm³/mol. The zero-order chi connectivity index (χ0) is 54.3. The molecule has 78 heavy (non-hydrogen) atoms. The number of carbonyl (C=O) groups excluding carboxylic acids is 6. The fourth-order valence-electron chi connectivity index (χ4n) is 11.1. The van der Waals surface area contributed by atoms with Crippen LogP contribution < -0.4 is 15.0 Å². The number of anilines is 1. The van der Waals surface area contributed by atoms with Crippen LogP contribution in [0, 0.1) is 5.92 Å². The molecule has 0 spiro atoms. The third-order valence-corrected chi connectivity index (χ3v) is 16.2. The fraction of sp³-hybridized carbons (Fsp3) is 0.482. The second kappa shape index (κ2) is 25.1. The van der Waals surface area contributed by atoms with Gasteiger partial charge in [0.2, 0.25) is 23.6 Å². The van der Waals surface area contributed by atoms with Gasteiger partial charge in [-0.3, -0.25) is 49.1 Å².